The largest absolute Gasteiger partial charge is 0.465 e. The van der Waals surface area contributed by atoms with E-state index in [4.69, 9.17) is 9.47 Å². The summed E-state index contributed by atoms with van der Waals surface area (Å²) in [5.41, 5.74) is 0. The molecular weight excluding hydrogens is 841 g/mol. The molecule has 7 nitrogen and oxygen atoms in total. The third-order valence-corrected chi connectivity index (χ3v) is 14.7. The van der Waals surface area contributed by atoms with Gasteiger partial charge in [-0.1, -0.05) is 222 Å². The Labute approximate surface area is 425 Å². The van der Waals surface area contributed by atoms with Gasteiger partial charge < -0.3 is 19.3 Å². The molecule has 0 aromatic heterocycles. The number of nitrogens with zero attached hydrogens (tertiary/aromatic N) is 2. The van der Waals surface area contributed by atoms with Crippen molar-refractivity contribution in [1.29, 1.82) is 0 Å². The maximum absolute atomic E-state index is 14.1. The maximum Gasteiger partial charge on any atom is 0.305 e. The fourth-order valence-electron chi connectivity index (χ4n) is 10.2. The van der Waals surface area contributed by atoms with Crippen molar-refractivity contribution in [3.8, 4) is 0 Å². The molecule has 2 atom stereocenters. The first-order valence-electron chi connectivity index (χ1n) is 30.7. The van der Waals surface area contributed by atoms with Gasteiger partial charge in [-0.05, 0) is 109 Å². The number of unbranched alkanes of at least 4 members (excludes halogenated alkanes) is 23. The molecule has 1 rings (SSSR count). The Balaban J connectivity index is 0.0000221. The number of amides is 1. The number of rotatable bonds is 50. The second kappa shape index (κ2) is 51.7. The quantitative estimate of drug-likeness (QED) is 0.0447. The summed E-state index contributed by atoms with van der Waals surface area (Å²) in [6.07, 6.45) is 48.4. The van der Waals surface area contributed by atoms with Crippen LogP contribution in [0.4, 0.5) is 0 Å². The molecule has 0 aliphatic carbocycles. The number of carbonyl (C=O) groups excluding carboxylic acids is 3. The Kier molecular flexibility index (Phi) is 50.5. The number of likely N-dealkylation sites (tertiary alicyclic amines) is 1. The summed E-state index contributed by atoms with van der Waals surface area (Å²) < 4.78 is 11.6. The van der Waals surface area contributed by atoms with Gasteiger partial charge in [-0.25, -0.2) is 0 Å². The van der Waals surface area contributed by atoms with Gasteiger partial charge in [0.05, 0.1) is 13.2 Å². The lowest BCUT2D eigenvalue weighted by atomic mass is 9.96. The zero-order valence-electron chi connectivity index (χ0n) is 47.1. The molecule has 1 fully saturated rings. The fraction of sp³-hybridized carbons (Fsp3) is 0.951. The molecule has 1 amide bonds. The number of hydrogen-bond acceptors (Lipinski definition) is 6. The van der Waals surface area contributed by atoms with Crippen LogP contribution >= 0.6 is 0 Å². The van der Waals surface area contributed by atoms with Gasteiger partial charge >= 0.3 is 11.9 Å². The topological polar surface area (TPSA) is 76.2 Å². The standard InChI is InChI=1S/C59H114N2O5.C2H6/c1-6-11-16-19-26-33-45-57(62)61(51-38-50-60-48-36-37-49-60)56(43-31-24-20-22-27-34-46-58(63)65-52-54(39-14-9-4)41-29-17-12-7-2)44-32-25-21-23-28-35-47-59(64)66-53-55(40-15-10-5)42-30-18-13-8-3;1-2/h54-56H,6-53H2,1-5H3;1-2H3. The van der Waals surface area contributed by atoms with Crippen LogP contribution in [0.3, 0.4) is 0 Å². The van der Waals surface area contributed by atoms with Gasteiger partial charge in [0, 0.05) is 31.8 Å². The molecule has 7 heteroatoms. The van der Waals surface area contributed by atoms with Crippen LogP contribution in [-0.4, -0.2) is 73.1 Å². The predicted molar refractivity (Wildman–Crippen MR) is 294 cm³/mol. The lowest BCUT2D eigenvalue weighted by Gasteiger charge is -2.33. The number of esters is 2. The number of ether oxygens (including phenoxy) is 2. The minimum Gasteiger partial charge on any atom is -0.465 e. The van der Waals surface area contributed by atoms with Crippen molar-refractivity contribution >= 4 is 17.8 Å². The van der Waals surface area contributed by atoms with Crippen molar-refractivity contribution < 1.29 is 23.9 Å². The second-order valence-corrected chi connectivity index (χ2v) is 21.1. The van der Waals surface area contributed by atoms with E-state index < -0.39 is 0 Å². The highest BCUT2D eigenvalue weighted by atomic mass is 16.5. The first-order chi connectivity index (χ1) is 33.4. The highest BCUT2D eigenvalue weighted by molar-refractivity contribution is 5.76. The molecule has 1 heterocycles. The van der Waals surface area contributed by atoms with Gasteiger partial charge in [-0.15, -0.1) is 0 Å². The third-order valence-electron chi connectivity index (χ3n) is 14.7. The van der Waals surface area contributed by atoms with Gasteiger partial charge in [0.15, 0.2) is 0 Å². The summed E-state index contributed by atoms with van der Waals surface area (Å²) in [6.45, 7) is 21.0. The lowest BCUT2D eigenvalue weighted by Crippen LogP contribution is -2.42. The Morgan fingerprint density at radius 1 is 0.412 bits per heavy atom. The van der Waals surface area contributed by atoms with Crippen LogP contribution in [0.2, 0.25) is 0 Å². The molecule has 1 aliphatic heterocycles. The highest BCUT2D eigenvalue weighted by Crippen LogP contribution is 2.24. The van der Waals surface area contributed by atoms with E-state index in [0.717, 1.165) is 64.5 Å². The van der Waals surface area contributed by atoms with E-state index >= 15 is 0 Å². The van der Waals surface area contributed by atoms with E-state index in [-0.39, 0.29) is 11.9 Å². The smallest absolute Gasteiger partial charge is 0.305 e. The van der Waals surface area contributed by atoms with Crippen LogP contribution in [0.5, 0.6) is 0 Å². The molecule has 1 aliphatic rings. The van der Waals surface area contributed by atoms with Crippen LogP contribution in [0.15, 0.2) is 0 Å². The van der Waals surface area contributed by atoms with Gasteiger partial charge in [-0.3, -0.25) is 14.4 Å². The molecule has 0 spiro atoms. The van der Waals surface area contributed by atoms with E-state index in [1.54, 1.807) is 0 Å². The van der Waals surface area contributed by atoms with E-state index in [2.05, 4.69) is 44.4 Å². The average Bonchev–Trinajstić information content (AvgIpc) is 3.88. The number of hydrogen-bond donors (Lipinski definition) is 0. The van der Waals surface area contributed by atoms with Crippen molar-refractivity contribution in [2.75, 3.05) is 39.4 Å². The minimum atomic E-state index is -0.00193. The zero-order chi connectivity index (χ0) is 50.0. The maximum atomic E-state index is 14.1. The van der Waals surface area contributed by atoms with Crippen molar-refractivity contribution in [3.05, 3.63) is 0 Å². The minimum absolute atomic E-state index is 0.00193. The molecule has 0 radical (unpaired) electrons. The van der Waals surface area contributed by atoms with Crippen LogP contribution in [0.25, 0.3) is 0 Å². The Morgan fingerprint density at radius 3 is 1.18 bits per heavy atom. The lowest BCUT2D eigenvalue weighted by molar-refractivity contribution is -0.146. The number of carbonyl (C=O) groups is 3. The summed E-state index contributed by atoms with van der Waals surface area (Å²) in [6, 6.07) is 0.335. The predicted octanol–water partition coefficient (Wildman–Crippen LogP) is 18.3. The van der Waals surface area contributed by atoms with E-state index in [0.29, 0.717) is 56.3 Å². The first kappa shape index (κ1) is 66.4. The second-order valence-electron chi connectivity index (χ2n) is 21.1. The summed E-state index contributed by atoms with van der Waals surface area (Å²) in [5.74, 6) is 1.45. The van der Waals surface area contributed by atoms with Crippen molar-refractivity contribution in [3.63, 3.8) is 0 Å². The third kappa shape index (κ3) is 41.0. The summed E-state index contributed by atoms with van der Waals surface area (Å²) in [7, 11) is 0. The molecular formula is C61H120N2O5. The van der Waals surface area contributed by atoms with Crippen LogP contribution < -0.4 is 0 Å². The highest BCUT2D eigenvalue weighted by Gasteiger charge is 2.24. The van der Waals surface area contributed by atoms with Gasteiger partial charge in [-0.2, -0.15) is 0 Å². The summed E-state index contributed by atoms with van der Waals surface area (Å²) in [5, 5.41) is 0. The molecule has 0 bridgehead atoms. The van der Waals surface area contributed by atoms with Crippen molar-refractivity contribution in [2.45, 2.75) is 324 Å². The molecule has 2 unspecified atom stereocenters. The van der Waals surface area contributed by atoms with E-state index in [1.807, 2.05) is 13.8 Å². The van der Waals surface area contributed by atoms with E-state index in [1.165, 1.54) is 212 Å². The first-order valence-corrected chi connectivity index (χ1v) is 30.7. The Morgan fingerprint density at radius 2 is 0.750 bits per heavy atom. The van der Waals surface area contributed by atoms with Crippen molar-refractivity contribution in [1.82, 2.24) is 9.80 Å². The fourth-order valence-corrected chi connectivity index (χ4v) is 10.2. The van der Waals surface area contributed by atoms with Crippen LogP contribution in [-0.2, 0) is 23.9 Å². The Bertz CT molecular complexity index is 1020. The van der Waals surface area contributed by atoms with Gasteiger partial charge in [0.1, 0.15) is 0 Å². The van der Waals surface area contributed by atoms with Crippen molar-refractivity contribution in [2.24, 2.45) is 11.8 Å². The molecule has 0 aromatic rings. The van der Waals surface area contributed by atoms with Gasteiger partial charge in [0.2, 0.25) is 5.91 Å². The molecule has 0 saturated carbocycles. The zero-order valence-corrected chi connectivity index (χ0v) is 47.1. The van der Waals surface area contributed by atoms with Crippen LogP contribution in [0.1, 0.15) is 318 Å². The normalized spacial score (nSPS) is 14.0. The SMILES string of the molecule is CC.CCCCCCCCC(=O)N(CCCN1CCCC1)C(CCCCCCCCC(=O)OCC(CCCC)CCCCCC)CCCCCCCCC(=O)OCC(CCCC)CCCCCC. The van der Waals surface area contributed by atoms with E-state index in [9.17, 15) is 14.4 Å². The molecule has 0 N–H and O–H groups in total. The molecule has 404 valence electrons. The summed E-state index contributed by atoms with van der Waals surface area (Å²) in [4.78, 5) is 44.3. The molecule has 0 aromatic carbocycles. The average molecular weight is 962 g/mol. The van der Waals surface area contributed by atoms with Crippen LogP contribution in [0, 0.1) is 11.8 Å². The Hall–Kier alpha value is -1.63. The summed E-state index contributed by atoms with van der Waals surface area (Å²) >= 11 is 0. The monoisotopic (exact) mass is 961 g/mol. The molecule has 68 heavy (non-hydrogen) atoms. The van der Waals surface area contributed by atoms with Gasteiger partial charge in [0.25, 0.3) is 0 Å². The molecule has 1 saturated heterocycles.